The minimum absolute atomic E-state index is 0.0255. The highest BCUT2D eigenvalue weighted by Gasteiger charge is 2.41. The van der Waals surface area contributed by atoms with Crippen molar-refractivity contribution in [2.75, 3.05) is 25.0 Å². The van der Waals surface area contributed by atoms with Gasteiger partial charge in [-0.05, 0) is 24.3 Å². The van der Waals surface area contributed by atoms with Crippen molar-refractivity contribution in [3.63, 3.8) is 0 Å². The van der Waals surface area contributed by atoms with Crippen LogP contribution in [-0.4, -0.2) is 57.0 Å². The fraction of sp³-hybridized carbons (Fsp3) is 0.429. The summed E-state index contributed by atoms with van der Waals surface area (Å²) < 4.78 is 54.1. The number of pyridine rings is 1. The summed E-state index contributed by atoms with van der Waals surface area (Å²) in [4.78, 5) is 17.8. The summed E-state index contributed by atoms with van der Waals surface area (Å²) in [6, 6.07) is 3.44. The summed E-state index contributed by atoms with van der Waals surface area (Å²) in [7, 11) is 0. The van der Waals surface area contributed by atoms with E-state index < -0.39 is 47.3 Å². The Balaban J connectivity index is 1.65. The van der Waals surface area contributed by atoms with Crippen LogP contribution < -0.4 is 5.32 Å². The molecule has 1 saturated heterocycles. The fourth-order valence-corrected chi connectivity index (χ4v) is 4.22. The van der Waals surface area contributed by atoms with Gasteiger partial charge in [-0.3, -0.25) is 4.98 Å². The summed E-state index contributed by atoms with van der Waals surface area (Å²) in [5.41, 5.74) is -2.92. The molecule has 1 fully saturated rings. The molecule has 1 aliphatic heterocycles. The number of piperidine rings is 1. The van der Waals surface area contributed by atoms with Crippen molar-refractivity contribution in [3.8, 4) is 0 Å². The van der Waals surface area contributed by atoms with E-state index in [9.17, 15) is 28.2 Å². The summed E-state index contributed by atoms with van der Waals surface area (Å²) in [5, 5.41) is 30.2. The number of urea groups is 1. The lowest BCUT2D eigenvalue weighted by Crippen LogP contribution is -2.45. The molecular formula is C21H21Cl2F4N3O4. The monoisotopic (exact) mass is 525 g/mol. The number of hydrogen-bond acceptors (Lipinski definition) is 5. The predicted molar refractivity (Wildman–Crippen MR) is 116 cm³/mol. The molecule has 0 aliphatic carbocycles. The van der Waals surface area contributed by atoms with E-state index in [2.05, 4.69) is 10.3 Å². The Morgan fingerprint density at radius 1 is 1.18 bits per heavy atom. The van der Waals surface area contributed by atoms with Crippen LogP contribution >= 0.6 is 23.2 Å². The van der Waals surface area contributed by atoms with Crippen molar-refractivity contribution in [2.24, 2.45) is 0 Å². The van der Waals surface area contributed by atoms with Crippen LogP contribution in [0, 0.1) is 0 Å². The van der Waals surface area contributed by atoms with Crippen molar-refractivity contribution in [1.29, 1.82) is 0 Å². The second-order valence-corrected chi connectivity index (χ2v) is 8.68. The number of nitrogens with one attached hydrogen (secondary N) is 1. The molecule has 2 aromatic rings. The first-order chi connectivity index (χ1) is 15.9. The maximum Gasteiger partial charge on any atom is 0.417 e. The molecule has 2 amide bonds. The van der Waals surface area contributed by atoms with Crippen LogP contribution in [0.25, 0.3) is 0 Å². The van der Waals surface area contributed by atoms with Gasteiger partial charge in [0.2, 0.25) is 0 Å². The zero-order valence-corrected chi connectivity index (χ0v) is 19.0. The van der Waals surface area contributed by atoms with Gasteiger partial charge in [0.25, 0.3) is 0 Å². The standard InChI is InChI=1S/C21H21Cl2F4N3O4/c22-14-8-12(1-2-13(14)21(25,26)27)29-19(34)30-5-3-20(24,4-6-30)18-15(23)7-11(9-28-18)17(33)16(32)10-31/h1-2,7-9,16-17,31-33H,3-6,10H2,(H,29,34)/t16-,17-/m0/s1. The summed E-state index contributed by atoms with van der Waals surface area (Å²) >= 11 is 11.8. The molecule has 2 atom stereocenters. The van der Waals surface area contributed by atoms with Crippen molar-refractivity contribution in [1.82, 2.24) is 9.88 Å². The zero-order valence-electron chi connectivity index (χ0n) is 17.5. The van der Waals surface area contributed by atoms with Crippen LogP contribution in [0.15, 0.2) is 30.5 Å². The average molecular weight is 526 g/mol. The highest BCUT2D eigenvalue weighted by Crippen LogP contribution is 2.40. The highest BCUT2D eigenvalue weighted by molar-refractivity contribution is 6.32. The predicted octanol–water partition coefficient (Wildman–Crippen LogP) is 4.29. The molecule has 0 spiro atoms. The Morgan fingerprint density at radius 3 is 2.35 bits per heavy atom. The van der Waals surface area contributed by atoms with Gasteiger partial charge in [0.1, 0.15) is 12.2 Å². The Hall–Kier alpha value is -2.18. The molecule has 13 heteroatoms. The minimum atomic E-state index is -4.62. The third-order valence-electron chi connectivity index (χ3n) is 5.55. The molecule has 7 nitrogen and oxygen atoms in total. The first-order valence-corrected chi connectivity index (χ1v) is 10.9. The Kier molecular flexibility index (Phi) is 7.93. The lowest BCUT2D eigenvalue weighted by atomic mass is 9.89. The lowest BCUT2D eigenvalue weighted by Gasteiger charge is -2.36. The van der Waals surface area contributed by atoms with E-state index in [0.717, 1.165) is 24.4 Å². The van der Waals surface area contributed by atoms with Crippen LogP contribution in [-0.2, 0) is 11.8 Å². The Morgan fingerprint density at radius 2 is 1.82 bits per heavy atom. The number of halogens is 6. The number of aliphatic hydroxyl groups excluding tert-OH is 3. The first-order valence-electron chi connectivity index (χ1n) is 10.1. The number of carbonyl (C=O) groups is 1. The molecule has 2 heterocycles. The molecule has 1 aromatic carbocycles. The quantitative estimate of drug-likeness (QED) is 0.436. The van der Waals surface area contributed by atoms with Gasteiger partial charge >= 0.3 is 12.2 Å². The number of rotatable bonds is 5. The topological polar surface area (TPSA) is 106 Å². The number of nitrogens with zero attached hydrogens (tertiary/aromatic N) is 2. The van der Waals surface area contributed by atoms with Crippen molar-refractivity contribution in [3.05, 3.63) is 57.3 Å². The minimum Gasteiger partial charge on any atom is -0.394 e. The second kappa shape index (κ2) is 10.2. The van der Waals surface area contributed by atoms with Gasteiger partial charge in [-0.25, -0.2) is 9.18 Å². The molecule has 1 aliphatic rings. The van der Waals surface area contributed by atoms with E-state index in [0.29, 0.717) is 0 Å². The smallest absolute Gasteiger partial charge is 0.394 e. The number of hydrogen-bond donors (Lipinski definition) is 4. The summed E-state index contributed by atoms with van der Waals surface area (Å²) in [5.74, 6) is 0. The molecule has 4 N–H and O–H groups in total. The van der Waals surface area contributed by atoms with Gasteiger partial charge in [-0.2, -0.15) is 13.2 Å². The van der Waals surface area contributed by atoms with Crippen LogP contribution in [0.5, 0.6) is 0 Å². The van der Waals surface area contributed by atoms with E-state index in [1.54, 1.807) is 0 Å². The summed E-state index contributed by atoms with van der Waals surface area (Å²) in [6.07, 6.45) is -6.68. The third kappa shape index (κ3) is 5.72. The molecule has 1 aromatic heterocycles. The van der Waals surface area contributed by atoms with Crippen LogP contribution in [0.1, 0.15) is 35.8 Å². The molecule has 0 bridgehead atoms. The number of likely N-dealkylation sites (tertiary alicyclic amines) is 1. The van der Waals surface area contributed by atoms with Crippen LogP contribution in [0.3, 0.4) is 0 Å². The van der Waals surface area contributed by atoms with E-state index in [1.807, 2.05) is 0 Å². The van der Waals surface area contributed by atoms with E-state index >= 15 is 4.39 Å². The first kappa shape index (κ1) is 26.4. The maximum atomic E-state index is 15.6. The van der Waals surface area contributed by atoms with Gasteiger partial charge in [-0.15, -0.1) is 0 Å². The Bertz CT molecular complexity index is 1050. The highest BCUT2D eigenvalue weighted by atomic mass is 35.5. The number of alkyl halides is 4. The molecule has 0 unspecified atom stereocenters. The lowest BCUT2D eigenvalue weighted by molar-refractivity contribution is -0.137. The number of aromatic nitrogens is 1. The number of benzene rings is 1. The maximum absolute atomic E-state index is 15.6. The molecule has 0 radical (unpaired) electrons. The Labute approximate surface area is 201 Å². The van der Waals surface area contributed by atoms with Gasteiger partial charge < -0.3 is 25.5 Å². The SMILES string of the molecule is O=C(Nc1ccc(C(F)(F)F)c(Cl)c1)N1CCC(F)(c2ncc([C@H](O)[C@@H](O)CO)cc2Cl)CC1. The van der Waals surface area contributed by atoms with Crippen molar-refractivity contribution >= 4 is 34.9 Å². The normalized spacial score (nSPS) is 17.9. The molecular weight excluding hydrogens is 505 g/mol. The van der Waals surface area contributed by atoms with E-state index in [1.165, 1.54) is 11.0 Å². The van der Waals surface area contributed by atoms with Gasteiger partial charge in [-0.1, -0.05) is 23.2 Å². The number of aliphatic hydroxyl groups is 3. The zero-order chi connectivity index (χ0) is 25.3. The molecule has 0 saturated carbocycles. The number of carbonyl (C=O) groups excluding carboxylic acids is 1. The van der Waals surface area contributed by atoms with Crippen LogP contribution in [0.4, 0.5) is 28.0 Å². The van der Waals surface area contributed by atoms with Crippen molar-refractivity contribution in [2.45, 2.75) is 36.9 Å². The molecule has 34 heavy (non-hydrogen) atoms. The largest absolute Gasteiger partial charge is 0.417 e. The van der Waals surface area contributed by atoms with E-state index in [4.69, 9.17) is 28.3 Å². The van der Waals surface area contributed by atoms with Gasteiger partial charge in [0.05, 0.1) is 27.9 Å². The van der Waals surface area contributed by atoms with E-state index in [-0.39, 0.29) is 47.9 Å². The van der Waals surface area contributed by atoms with Crippen LogP contribution in [0.2, 0.25) is 10.0 Å². The molecule has 3 rings (SSSR count). The average Bonchev–Trinajstić information content (AvgIpc) is 2.77. The van der Waals surface area contributed by atoms with Gasteiger partial charge in [0.15, 0.2) is 5.67 Å². The van der Waals surface area contributed by atoms with Gasteiger partial charge in [0, 0.05) is 43.4 Å². The molecule has 186 valence electrons. The summed E-state index contributed by atoms with van der Waals surface area (Å²) in [6.45, 7) is -0.741. The number of anilines is 1. The number of amides is 2. The third-order valence-corrected chi connectivity index (χ3v) is 6.15. The van der Waals surface area contributed by atoms with Crippen molar-refractivity contribution < 1.29 is 37.7 Å². The fourth-order valence-electron chi connectivity index (χ4n) is 3.59. The second-order valence-electron chi connectivity index (χ2n) is 7.87.